The topological polar surface area (TPSA) is 40.5 Å². The van der Waals surface area contributed by atoms with Crippen LogP contribution in [-0.2, 0) is 26.6 Å². The molecule has 3 rings (SSSR count). The Labute approximate surface area is 154 Å². The number of likely N-dealkylation sites (N-methyl/N-ethyl adjacent to an activating group) is 1. The van der Waals surface area contributed by atoms with Crippen LogP contribution in [0.15, 0.2) is 30.3 Å². The van der Waals surface area contributed by atoms with Crippen LogP contribution in [0.25, 0.3) is 0 Å². The second-order valence-electron chi connectivity index (χ2n) is 7.21. The summed E-state index contributed by atoms with van der Waals surface area (Å²) in [6.45, 7) is 3.99. The molecule has 26 heavy (non-hydrogen) atoms. The molecule has 6 heteroatoms. The third-order valence-corrected chi connectivity index (χ3v) is 4.90. The van der Waals surface area contributed by atoms with Gasteiger partial charge in [0.1, 0.15) is 11.5 Å². The third-order valence-electron chi connectivity index (χ3n) is 4.90. The maximum absolute atomic E-state index is 13.1. The van der Waals surface area contributed by atoms with E-state index in [0.717, 1.165) is 43.9 Å². The summed E-state index contributed by atoms with van der Waals surface area (Å²) in [6.07, 6.45) is 0.915. The summed E-state index contributed by atoms with van der Waals surface area (Å²) in [5.41, 5.74) is 4.27. The molecule has 0 saturated heterocycles. The van der Waals surface area contributed by atoms with Gasteiger partial charge in [-0.15, -0.1) is 0 Å². The zero-order chi connectivity index (χ0) is 18.7. The Bertz CT molecular complexity index is 767. The van der Waals surface area contributed by atoms with Gasteiger partial charge >= 0.3 is 0 Å². The number of fused-ring (bicyclic) bond motifs is 1. The number of nitrogens with zero attached hydrogens (tertiary/aromatic N) is 3. The predicted molar refractivity (Wildman–Crippen MR) is 101 cm³/mol. The summed E-state index contributed by atoms with van der Waals surface area (Å²) in [5.74, 6) is -0.225. The Kier molecular flexibility index (Phi) is 5.74. The van der Waals surface area contributed by atoms with Crippen molar-refractivity contribution in [2.75, 3.05) is 33.7 Å². The lowest BCUT2D eigenvalue weighted by atomic mass is 10.1. The molecule has 0 aliphatic carbocycles. The van der Waals surface area contributed by atoms with Gasteiger partial charge in [-0.25, -0.2) is 4.39 Å². The maximum atomic E-state index is 13.1. The van der Waals surface area contributed by atoms with Crippen LogP contribution in [0, 0.1) is 5.82 Å². The molecule has 0 radical (unpaired) electrons. The minimum atomic E-state index is -0.206. The first-order valence-electron chi connectivity index (χ1n) is 9.01. The summed E-state index contributed by atoms with van der Waals surface area (Å²) >= 11 is 0. The number of halogens is 1. The highest BCUT2D eigenvalue weighted by Crippen LogP contribution is 2.24. The summed E-state index contributed by atoms with van der Waals surface area (Å²) in [7, 11) is 5.95. The fourth-order valence-corrected chi connectivity index (χ4v) is 3.44. The lowest BCUT2D eigenvalue weighted by molar-refractivity contribution is 0.0942. The Morgan fingerprint density at radius 3 is 2.69 bits per heavy atom. The SMILES string of the molecule is CN(C)CCNC(=O)c1cc2c(n1C)CCN(Cc1ccc(F)cc1)C2. The van der Waals surface area contributed by atoms with Crippen LogP contribution in [0.1, 0.15) is 27.3 Å². The van der Waals surface area contributed by atoms with Gasteiger partial charge in [-0.05, 0) is 43.4 Å². The highest BCUT2D eigenvalue weighted by atomic mass is 19.1. The Balaban J connectivity index is 1.65. The van der Waals surface area contributed by atoms with E-state index in [1.807, 2.05) is 48.8 Å². The lowest BCUT2D eigenvalue weighted by Gasteiger charge is -2.27. The molecule has 0 fully saturated rings. The molecule has 1 aromatic heterocycles. The van der Waals surface area contributed by atoms with Gasteiger partial charge in [-0.1, -0.05) is 12.1 Å². The van der Waals surface area contributed by atoms with Crippen LogP contribution in [0.3, 0.4) is 0 Å². The van der Waals surface area contributed by atoms with Crippen LogP contribution in [0.4, 0.5) is 4.39 Å². The highest BCUT2D eigenvalue weighted by molar-refractivity contribution is 5.93. The van der Waals surface area contributed by atoms with Crippen LogP contribution >= 0.6 is 0 Å². The predicted octanol–water partition coefficient (Wildman–Crippen LogP) is 2.01. The fourth-order valence-electron chi connectivity index (χ4n) is 3.44. The summed E-state index contributed by atoms with van der Waals surface area (Å²) < 4.78 is 15.1. The summed E-state index contributed by atoms with van der Waals surface area (Å²) in [6, 6.07) is 8.68. The van der Waals surface area contributed by atoms with Crippen LogP contribution < -0.4 is 5.32 Å². The number of nitrogens with one attached hydrogen (secondary N) is 1. The zero-order valence-electron chi connectivity index (χ0n) is 15.8. The van der Waals surface area contributed by atoms with E-state index < -0.39 is 0 Å². The van der Waals surface area contributed by atoms with E-state index >= 15 is 0 Å². The van der Waals surface area contributed by atoms with Gasteiger partial charge in [0.2, 0.25) is 0 Å². The Morgan fingerprint density at radius 2 is 2.00 bits per heavy atom. The first-order valence-corrected chi connectivity index (χ1v) is 9.01. The van der Waals surface area contributed by atoms with Crippen molar-refractivity contribution in [3.05, 3.63) is 58.7 Å². The molecule has 5 nitrogen and oxygen atoms in total. The maximum Gasteiger partial charge on any atom is 0.267 e. The molecule has 140 valence electrons. The number of hydrogen-bond donors (Lipinski definition) is 1. The Hall–Kier alpha value is -2.18. The Morgan fingerprint density at radius 1 is 1.27 bits per heavy atom. The van der Waals surface area contributed by atoms with E-state index in [0.29, 0.717) is 6.54 Å². The fraction of sp³-hybridized carbons (Fsp3) is 0.450. The highest BCUT2D eigenvalue weighted by Gasteiger charge is 2.23. The van der Waals surface area contributed by atoms with E-state index in [1.165, 1.54) is 23.4 Å². The van der Waals surface area contributed by atoms with Crippen LogP contribution in [-0.4, -0.2) is 54.0 Å². The zero-order valence-corrected chi connectivity index (χ0v) is 15.8. The van der Waals surface area contributed by atoms with Crippen molar-refractivity contribution in [3.63, 3.8) is 0 Å². The molecule has 0 saturated carbocycles. The molecule has 1 aliphatic rings. The van der Waals surface area contributed by atoms with Gasteiger partial charge < -0.3 is 14.8 Å². The van der Waals surface area contributed by atoms with Gasteiger partial charge in [0.05, 0.1) is 0 Å². The van der Waals surface area contributed by atoms with Gasteiger partial charge in [-0.3, -0.25) is 9.69 Å². The summed E-state index contributed by atoms with van der Waals surface area (Å²) in [5, 5.41) is 2.99. The number of rotatable bonds is 6. The van der Waals surface area contributed by atoms with Crippen molar-refractivity contribution in [3.8, 4) is 0 Å². The molecular weight excluding hydrogens is 331 g/mol. The quantitative estimate of drug-likeness (QED) is 0.859. The van der Waals surface area contributed by atoms with Gasteiger partial charge in [0.25, 0.3) is 5.91 Å². The van der Waals surface area contributed by atoms with Crippen LogP contribution in [0.5, 0.6) is 0 Å². The molecule has 0 unspecified atom stereocenters. The van der Waals surface area contributed by atoms with E-state index in [4.69, 9.17) is 0 Å². The number of carbonyl (C=O) groups is 1. The second kappa shape index (κ2) is 8.01. The standard InChI is InChI=1S/C20H27FN4O/c1-23(2)11-9-22-20(26)19-12-16-14-25(10-8-18(16)24(19)3)13-15-4-6-17(21)7-5-15/h4-7,12H,8-11,13-14H2,1-3H3,(H,22,26). The monoisotopic (exact) mass is 358 g/mol. The average Bonchev–Trinajstić information content (AvgIpc) is 2.93. The molecule has 0 atom stereocenters. The summed E-state index contributed by atoms with van der Waals surface area (Å²) in [4.78, 5) is 16.9. The lowest BCUT2D eigenvalue weighted by Crippen LogP contribution is -2.32. The van der Waals surface area contributed by atoms with Gasteiger partial charge in [-0.2, -0.15) is 0 Å². The van der Waals surface area contributed by atoms with Crippen molar-refractivity contribution < 1.29 is 9.18 Å². The third kappa shape index (κ3) is 4.31. The molecule has 1 amide bonds. The van der Waals surface area contributed by atoms with Gasteiger partial charge in [0.15, 0.2) is 0 Å². The van der Waals surface area contributed by atoms with E-state index in [1.54, 1.807) is 0 Å². The van der Waals surface area contributed by atoms with E-state index in [2.05, 4.69) is 10.2 Å². The van der Waals surface area contributed by atoms with Gasteiger partial charge in [0, 0.05) is 51.9 Å². The van der Waals surface area contributed by atoms with Crippen molar-refractivity contribution in [1.82, 2.24) is 19.7 Å². The average molecular weight is 358 g/mol. The molecule has 0 bridgehead atoms. The molecule has 2 aromatic rings. The molecule has 2 heterocycles. The molecule has 1 aliphatic heterocycles. The molecule has 1 N–H and O–H groups in total. The molecular formula is C20H27FN4O. The first-order chi connectivity index (χ1) is 12.4. The van der Waals surface area contributed by atoms with Crippen molar-refractivity contribution in [2.24, 2.45) is 7.05 Å². The number of aromatic nitrogens is 1. The molecule has 0 spiro atoms. The minimum absolute atomic E-state index is 0.0196. The normalized spacial score (nSPS) is 14.5. The number of carbonyl (C=O) groups excluding carboxylic acids is 1. The van der Waals surface area contributed by atoms with Crippen molar-refractivity contribution in [1.29, 1.82) is 0 Å². The van der Waals surface area contributed by atoms with Crippen molar-refractivity contribution >= 4 is 5.91 Å². The number of hydrogen-bond acceptors (Lipinski definition) is 3. The van der Waals surface area contributed by atoms with E-state index in [-0.39, 0.29) is 11.7 Å². The first kappa shape index (κ1) is 18.6. The molecule has 1 aromatic carbocycles. The largest absolute Gasteiger partial charge is 0.349 e. The van der Waals surface area contributed by atoms with Crippen molar-refractivity contribution in [2.45, 2.75) is 19.5 Å². The second-order valence-corrected chi connectivity index (χ2v) is 7.21. The van der Waals surface area contributed by atoms with E-state index in [9.17, 15) is 9.18 Å². The number of amides is 1. The van der Waals surface area contributed by atoms with Crippen LogP contribution in [0.2, 0.25) is 0 Å². The number of benzene rings is 1. The smallest absolute Gasteiger partial charge is 0.267 e. The minimum Gasteiger partial charge on any atom is -0.349 e.